The predicted molar refractivity (Wildman–Crippen MR) is 77.6 cm³/mol. The van der Waals surface area contributed by atoms with Crippen LogP contribution in [0.1, 0.15) is 24.6 Å². The monoisotopic (exact) mass is 257 g/mol. The van der Waals surface area contributed by atoms with Gasteiger partial charge < -0.3 is 5.11 Å². The Labute approximate surface area is 110 Å². The van der Waals surface area contributed by atoms with Crippen molar-refractivity contribution in [3.8, 4) is 23.3 Å². The first-order valence-corrected chi connectivity index (χ1v) is 9.53. The maximum absolute atomic E-state index is 9.09. The molecular weight excluding hydrogens is 238 g/mol. The molecule has 0 amide bonds. The second-order valence-electron chi connectivity index (χ2n) is 5.29. The van der Waals surface area contributed by atoms with Crippen LogP contribution in [-0.4, -0.2) is 24.3 Å². The number of aliphatic hydroxyl groups is 1. The Morgan fingerprint density at radius 3 is 2.50 bits per heavy atom. The molecule has 94 valence electrons. The molecule has 2 nitrogen and oxygen atoms in total. The van der Waals surface area contributed by atoms with Crippen molar-refractivity contribution in [2.75, 3.05) is 0 Å². The highest BCUT2D eigenvalue weighted by molar-refractivity contribution is 6.83. The van der Waals surface area contributed by atoms with Gasteiger partial charge in [0.05, 0.1) is 6.10 Å². The lowest BCUT2D eigenvalue weighted by Gasteiger charge is -2.02. The van der Waals surface area contributed by atoms with Crippen LogP contribution in [0, 0.1) is 23.3 Å². The molecule has 1 aromatic heterocycles. The van der Waals surface area contributed by atoms with E-state index in [1.807, 2.05) is 12.1 Å². The molecule has 0 aliphatic rings. The van der Waals surface area contributed by atoms with E-state index in [0.717, 1.165) is 11.3 Å². The van der Waals surface area contributed by atoms with Crippen molar-refractivity contribution in [1.29, 1.82) is 0 Å². The molecule has 0 fully saturated rings. The van der Waals surface area contributed by atoms with Gasteiger partial charge >= 0.3 is 0 Å². The van der Waals surface area contributed by atoms with Crippen LogP contribution in [0.25, 0.3) is 0 Å². The summed E-state index contributed by atoms with van der Waals surface area (Å²) < 4.78 is 0. The van der Waals surface area contributed by atoms with E-state index in [9.17, 15) is 0 Å². The van der Waals surface area contributed by atoms with Crippen molar-refractivity contribution in [3.63, 3.8) is 0 Å². The van der Waals surface area contributed by atoms with E-state index in [4.69, 9.17) is 5.11 Å². The minimum Gasteiger partial charge on any atom is -0.392 e. The lowest BCUT2D eigenvalue weighted by atomic mass is 10.2. The fourth-order valence-corrected chi connectivity index (χ4v) is 1.60. The number of nitrogens with zero attached hydrogens (tertiary/aromatic N) is 1. The number of aromatic nitrogens is 1. The van der Waals surface area contributed by atoms with Crippen LogP contribution in [0.3, 0.4) is 0 Å². The van der Waals surface area contributed by atoms with Crippen LogP contribution in [0.2, 0.25) is 19.6 Å². The lowest BCUT2D eigenvalue weighted by Crippen LogP contribution is -2.16. The van der Waals surface area contributed by atoms with Gasteiger partial charge in [-0.1, -0.05) is 37.4 Å². The molecular formula is C15H19NOSi. The fraction of sp³-hybridized carbons (Fsp3) is 0.400. The van der Waals surface area contributed by atoms with Crippen molar-refractivity contribution < 1.29 is 5.11 Å². The summed E-state index contributed by atoms with van der Waals surface area (Å²) in [5.41, 5.74) is 4.92. The second kappa shape index (κ2) is 6.40. The summed E-state index contributed by atoms with van der Waals surface area (Å²) in [6.45, 7) is 8.34. The number of hydrogen-bond acceptors (Lipinski definition) is 2. The molecule has 0 aliphatic carbocycles. The SMILES string of the molecule is C[C@@H](O)CC#Cc1ccc(C#C[Si](C)(C)C)nc1. The molecule has 1 atom stereocenters. The quantitative estimate of drug-likeness (QED) is 0.619. The fourth-order valence-electron chi connectivity index (χ4n) is 1.09. The maximum Gasteiger partial charge on any atom is 0.129 e. The van der Waals surface area contributed by atoms with Crippen molar-refractivity contribution in [1.82, 2.24) is 4.98 Å². The van der Waals surface area contributed by atoms with E-state index in [2.05, 4.69) is 47.9 Å². The molecule has 0 spiro atoms. The molecule has 0 aromatic carbocycles. The van der Waals surface area contributed by atoms with Gasteiger partial charge in [0.25, 0.3) is 0 Å². The molecule has 1 aromatic rings. The smallest absolute Gasteiger partial charge is 0.129 e. The van der Waals surface area contributed by atoms with E-state index in [1.54, 1.807) is 13.1 Å². The highest BCUT2D eigenvalue weighted by atomic mass is 28.3. The summed E-state index contributed by atoms with van der Waals surface area (Å²) in [6, 6.07) is 3.80. The summed E-state index contributed by atoms with van der Waals surface area (Å²) in [4.78, 5) is 4.26. The first-order chi connectivity index (χ1) is 8.37. The van der Waals surface area contributed by atoms with Gasteiger partial charge in [-0.2, -0.15) is 0 Å². The van der Waals surface area contributed by atoms with Crippen LogP contribution in [0.4, 0.5) is 0 Å². The predicted octanol–water partition coefficient (Wildman–Crippen LogP) is 2.43. The molecule has 3 heteroatoms. The zero-order chi connectivity index (χ0) is 13.6. The largest absolute Gasteiger partial charge is 0.392 e. The number of hydrogen-bond donors (Lipinski definition) is 1. The van der Waals surface area contributed by atoms with Gasteiger partial charge in [0, 0.05) is 18.2 Å². The first kappa shape index (κ1) is 14.5. The van der Waals surface area contributed by atoms with Gasteiger partial charge in [0.15, 0.2) is 0 Å². The molecule has 0 aliphatic heterocycles. The molecule has 0 saturated carbocycles. The van der Waals surface area contributed by atoms with Gasteiger partial charge in [-0.3, -0.25) is 0 Å². The van der Waals surface area contributed by atoms with Crippen molar-refractivity contribution in [2.24, 2.45) is 0 Å². The molecule has 1 heterocycles. The average Bonchev–Trinajstić information content (AvgIpc) is 2.26. The molecule has 0 saturated heterocycles. The topological polar surface area (TPSA) is 33.1 Å². The van der Waals surface area contributed by atoms with Crippen molar-refractivity contribution >= 4 is 8.07 Å². The Morgan fingerprint density at radius 1 is 1.28 bits per heavy atom. The van der Waals surface area contributed by atoms with E-state index >= 15 is 0 Å². The van der Waals surface area contributed by atoms with Gasteiger partial charge in [0.2, 0.25) is 0 Å². The second-order valence-corrected chi connectivity index (χ2v) is 10.0. The summed E-state index contributed by atoms with van der Waals surface area (Å²) in [7, 11) is -1.34. The zero-order valence-electron chi connectivity index (χ0n) is 11.4. The summed E-state index contributed by atoms with van der Waals surface area (Å²) in [5, 5.41) is 9.09. The van der Waals surface area contributed by atoms with Crippen LogP contribution < -0.4 is 0 Å². The maximum atomic E-state index is 9.09. The van der Waals surface area contributed by atoms with E-state index in [1.165, 1.54) is 0 Å². The third kappa shape index (κ3) is 6.25. The summed E-state index contributed by atoms with van der Waals surface area (Å²) >= 11 is 0. The highest BCUT2D eigenvalue weighted by Gasteiger charge is 2.07. The van der Waals surface area contributed by atoms with Gasteiger partial charge in [-0.15, -0.1) is 5.54 Å². The van der Waals surface area contributed by atoms with Gasteiger partial charge in [0.1, 0.15) is 13.8 Å². The van der Waals surface area contributed by atoms with Gasteiger partial charge in [-0.05, 0) is 19.1 Å². The van der Waals surface area contributed by atoms with E-state index in [0.29, 0.717) is 6.42 Å². The van der Waals surface area contributed by atoms with Crippen molar-refractivity contribution in [3.05, 3.63) is 29.6 Å². The Morgan fingerprint density at radius 2 is 2.00 bits per heavy atom. The first-order valence-electron chi connectivity index (χ1n) is 6.03. The van der Waals surface area contributed by atoms with Crippen molar-refractivity contribution in [2.45, 2.75) is 39.1 Å². The molecule has 0 unspecified atom stereocenters. The third-order valence-electron chi connectivity index (χ3n) is 1.96. The van der Waals surface area contributed by atoms with E-state index in [-0.39, 0.29) is 6.10 Å². The van der Waals surface area contributed by atoms with Crippen LogP contribution >= 0.6 is 0 Å². The third-order valence-corrected chi connectivity index (χ3v) is 2.83. The summed E-state index contributed by atoms with van der Waals surface area (Å²) in [6.07, 6.45) is 1.83. The Hall–Kier alpha value is -1.55. The minimum absolute atomic E-state index is 0.382. The summed E-state index contributed by atoms with van der Waals surface area (Å²) in [5.74, 6) is 8.97. The number of rotatable bonds is 1. The lowest BCUT2D eigenvalue weighted by molar-refractivity contribution is 0.201. The highest BCUT2D eigenvalue weighted by Crippen LogP contribution is 2.01. The van der Waals surface area contributed by atoms with Crippen LogP contribution in [0.5, 0.6) is 0 Å². The van der Waals surface area contributed by atoms with Crippen LogP contribution in [-0.2, 0) is 0 Å². The van der Waals surface area contributed by atoms with E-state index < -0.39 is 8.07 Å². The molecule has 1 rings (SSSR count). The Bertz CT molecular complexity index is 504. The molecule has 0 radical (unpaired) electrons. The number of pyridine rings is 1. The normalized spacial score (nSPS) is 11.8. The molecule has 0 bridgehead atoms. The number of aliphatic hydroxyl groups excluding tert-OH is 1. The van der Waals surface area contributed by atoms with Gasteiger partial charge in [-0.25, -0.2) is 4.98 Å². The Kier molecular flexibility index (Phi) is 5.16. The zero-order valence-corrected chi connectivity index (χ0v) is 12.4. The molecule has 18 heavy (non-hydrogen) atoms. The average molecular weight is 257 g/mol. The molecule has 1 N–H and O–H groups in total. The standard InChI is InChI=1S/C15H19NOSi/c1-13(17)6-5-7-14-8-9-15(16-12-14)10-11-18(2,3)4/h8-9,12-13,17H,6H2,1-4H3/t13-/m1/s1. The minimum atomic E-state index is -1.34. The van der Waals surface area contributed by atoms with Crippen LogP contribution in [0.15, 0.2) is 18.3 Å². The Balaban J connectivity index is 2.73.